The topological polar surface area (TPSA) is 69.2 Å². The van der Waals surface area contributed by atoms with Gasteiger partial charge in [-0.1, -0.05) is 30.3 Å². The van der Waals surface area contributed by atoms with E-state index in [1.54, 1.807) is 6.20 Å². The Labute approximate surface area is 149 Å². The first kappa shape index (κ1) is 16.1. The number of aliphatic hydroxyl groups is 1. The van der Waals surface area contributed by atoms with E-state index < -0.39 is 5.60 Å². The van der Waals surface area contributed by atoms with Crippen LogP contribution in [0.3, 0.4) is 0 Å². The third kappa shape index (κ3) is 3.10. The van der Waals surface area contributed by atoms with Crippen LogP contribution in [0.2, 0.25) is 0 Å². The Morgan fingerprint density at radius 1 is 1.24 bits per heavy atom. The number of carbonyl (C=O) groups is 1. The van der Waals surface area contributed by atoms with Gasteiger partial charge in [-0.25, -0.2) is 0 Å². The van der Waals surface area contributed by atoms with Crippen molar-refractivity contribution in [2.75, 3.05) is 13.1 Å². The lowest BCUT2D eigenvalue weighted by molar-refractivity contribution is -0.0211. The molecule has 2 N–H and O–H groups in total. The van der Waals surface area contributed by atoms with Crippen LogP contribution in [0.15, 0.2) is 54.2 Å². The molecule has 4 rings (SSSR count). The molecule has 25 heavy (non-hydrogen) atoms. The number of aromatic amines is 1. The van der Waals surface area contributed by atoms with Crippen LogP contribution in [0, 0.1) is 0 Å². The first-order chi connectivity index (χ1) is 12.2. The Hall–Kier alpha value is -2.44. The second-order valence-corrected chi connectivity index (χ2v) is 7.29. The smallest absolute Gasteiger partial charge is 0.254 e. The molecule has 0 unspecified atom stereocenters. The maximum absolute atomic E-state index is 12.8. The molecule has 6 heteroatoms. The van der Waals surface area contributed by atoms with Crippen molar-refractivity contribution in [3.8, 4) is 10.4 Å². The van der Waals surface area contributed by atoms with Crippen molar-refractivity contribution >= 4 is 17.2 Å². The summed E-state index contributed by atoms with van der Waals surface area (Å²) in [6, 6.07) is 11.6. The molecule has 1 aliphatic rings. The molecule has 5 nitrogen and oxygen atoms in total. The number of nitrogens with one attached hydrogen (secondary N) is 1. The molecular weight excluding hydrogens is 334 g/mol. The molecule has 0 aliphatic carbocycles. The van der Waals surface area contributed by atoms with Gasteiger partial charge >= 0.3 is 0 Å². The SMILES string of the molecule is O=C(c1csc(-c2cn[nH]c2)c1)N1CCC(O)(c2ccccc2)CC1. The van der Waals surface area contributed by atoms with Crippen LogP contribution in [0.25, 0.3) is 10.4 Å². The van der Waals surface area contributed by atoms with E-state index in [-0.39, 0.29) is 5.91 Å². The molecule has 2 aromatic heterocycles. The van der Waals surface area contributed by atoms with E-state index in [2.05, 4.69) is 10.2 Å². The zero-order valence-corrected chi connectivity index (χ0v) is 14.5. The van der Waals surface area contributed by atoms with Crippen molar-refractivity contribution in [2.45, 2.75) is 18.4 Å². The second kappa shape index (κ2) is 6.46. The number of nitrogens with zero attached hydrogens (tertiary/aromatic N) is 2. The van der Waals surface area contributed by atoms with Crippen LogP contribution in [0.1, 0.15) is 28.8 Å². The van der Waals surface area contributed by atoms with Crippen LogP contribution in [-0.4, -0.2) is 39.2 Å². The molecule has 0 spiro atoms. The average molecular weight is 353 g/mol. The van der Waals surface area contributed by atoms with Gasteiger partial charge in [0.25, 0.3) is 5.91 Å². The molecule has 1 aromatic carbocycles. The summed E-state index contributed by atoms with van der Waals surface area (Å²) < 4.78 is 0. The van der Waals surface area contributed by atoms with Gasteiger partial charge in [-0.05, 0) is 24.5 Å². The van der Waals surface area contributed by atoms with Crippen LogP contribution >= 0.6 is 11.3 Å². The number of likely N-dealkylation sites (tertiary alicyclic amines) is 1. The van der Waals surface area contributed by atoms with Crippen LogP contribution in [0.5, 0.6) is 0 Å². The highest BCUT2D eigenvalue weighted by molar-refractivity contribution is 7.13. The maximum atomic E-state index is 12.8. The second-order valence-electron chi connectivity index (χ2n) is 6.38. The molecule has 1 fully saturated rings. The Bertz CT molecular complexity index is 850. The molecule has 128 valence electrons. The minimum Gasteiger partial charge on any atom is -0.385 e. The predicted octanol–water partition coefficient (Wildman–Crippen LogP) is 3.26. The maximum Gasteiger partial charge on any atom is 0.254 e. The summed E-state index contributed by atoms with van der Waals surface area (Å²) in [6.07, 6.45) is 4.69. The molecule has 3 aromatic rings. The van der Waals surface area contributed by atoms with E-state index in [4.69, 9.17) is 0 Å². The van der Waals surface area contributed by atoms with Crippen molar-refractivity contribution in [2.24, 2.45) is 0 Å². The van der Waals surface area contributed by atoms with Crippen molar-refractivity contribution in [1.29, 1.82) is 0 Å². The summed E-state index contributed by atoms with van der Waals surface area (Å²) in [7, 11) is 0. The minimum atomic E-state index is -0.839. The van der Waals surface area contributed by atoms with Crippen LogP contribution in [0.4, 0.5) is 0 Å². The molecule has 0 radical (unpaired) electrons. The number of thiophene rings is 1. The van der Waals surface area contributed by atoms with Gasteiger partial charge in [-0.2, -0.15) is 5.10 Å². The number of rotatable bonds is 3. The van der Waals surface area contributed by atoms with Gasteiger partial charge in [-0.15, -0.1) is 11.3 Å². The molecule has 0 saturated carbocycles. The van der Waals surface area contributed by atoms with Crippen LogP contribution < -0.4 is 0 Å². The molecular formula is C19H19N3O2S. The average Bonchev–Trinajstić information content (AvgIpc) is 3.34. The van der Waals surface area contributed by atoms with Gasteiger partial charge in [0.2, 0.25) is 0 Å². The van der Waals surface area contributed by atoms with Crippen molar-refractivity contribution in [3.05, 3.63) is 65.3 Å². The summed E-state index contributed by atoms with van der Waals surface area (Å²) in [5, 5.41) is 19.5. The lowest BCUT2D eigenvalue weighted by Crippen LogP contribution is -2.45. The Balaban J connectivity index is 1.45. The van der Waals surface area contributed by atoms with Gasteiger partial charge < -0.3 is 10.0 Å². The lowest BCUT2D eigenvalue weighted by atomic mass is 9.84. The Morgan fingerprint density at radius 2 is 2.00 bits per heavy atom. The number of amides is 1. The van der Waals surface area contributed by atoms with Crippen molar-refractivity contribution < 1.29 is 9.90 Å². The third-order valence-electron chi connectivity index (χ3n) is 4.82. The number of benzene rings is 1. The summed E-state index contributed by atoms with van der Waals surface area (Å²) in [5.41, 5.74) is 1.78. The monoisotopic (exact) mass is 353 g/mol. The minimum absolute atomic E-state index is 0.0288. The first-order valence-electron chi connectivity index (χ1n) is 8.31. The number of carbonyl (C=O) groups excluding carboxylic acids is 1. The molecule has 1 saturated heterocycles. The van der Waals surface area contributed by atoms with Gasteiger partial charge in [-0.3, -0.25) is 9.89 Å². The number of aromatic nitrogens is 2. The van der Waals surface area contributed by atoms with E-state index >= 15 is 0 Å². The Morgan fingerprint density at radius 3 is 2.68 bits per heavy atom. The fraction of sp³-hybridized carbons (Fsp3) is 0.263. The highest BCUT2D eigenvalue weighted by atomic mass is 32.1. The summed E-state index contributed by atoms with van der Waals surface area (Å²) in [4.78, 5) is 15.6. The number of hydrogen-bond acceptors (Lipinski definition) is 4. The fourth-order valence-corrected chi connectivity index (χ4v) is 4.15. The van der Waals surface area contributed by atoms with E-state index in [0.29, 0.717) is 31.5 Å². The van der Waals surface area contributed by atoms with E-state index in [1.807, 2.05) is 52.9 Å². The zero-order valence-electron chi connectivity index (χ0n) is 13.7. The third-order valence-corrected chi connectivity index (χ3v) is 5.80. The lowest BCUT2D eigenvalue weighted by Gasteiger charge is -2.38. The molecule has 1 amide bonds. The largest absolute Gasteiger partial charge is 0.385 e. The van der Waals surface area contributed by atoms with Gasteiger partial charge in [0.1, 0.15) is 0 Å². The standard InChI is InChI=1S/C19H19N3O2S/c23-18(14-10-17(25-13-14)15-11-20-21-12-15)22-8-6-19(24,7-9-22)16-4-2-1-3-5-16/h1-5,10-13,24H,6-9H2,(H,20,21). The summed E-state index contributed by atoms with van der Waals surface area (Å²) in [5.74, 6) is 0.0288. The van der Waals surface area contributed by atoms with Gasteiger partial charge in [0.05, 0.1) is 17.4 Å². The zero-order chi connectivity index (χ0) is 17.3. The molecule has 0 atom stereocenters. The summed E-state index contributed by atoms with van der Waals surface area (Å²) in [6.45, 7) is 1.11. The quantitative estimate of drug-likeness (QED) is 0.759. The van der Waals surface area contributed by atoms with E-state index in [0.717, 1.165) is 16.0 Å². The van der Waals surface area contributed by atoms with Gasteiger partial charge in [0.15, 0.2) is 0 Å². The van der Waals surface area contributed by atoms with Gasteiger partial charge in [0, 0.05) is 35.1 Å². The number of H-pyrrole nitrogens is 1. The summed E-state index contributed by atoms with van der Waals surface area (Å²) >= 11 is 1.54. The highest BCUT2D eigenvalue weighted by Crippen LogP contribution is 2.34. The fourth-order valence-electron chi connectivity index (χ4n) is 3.28. The molecule has 0 bridgehead atoms. The normalized spacial score (nSPS) is 16.8. The number of piperidine rings is 1. The number of hydrogen-bond donors (Lipinski definition) is 2. The van der Waals surface area contributed by atoms with Crippen LogP contribution in [-0.2, 0) is 5.60 Å². The highest BCUT2D eigenvalue weighted by Gasteiger charge is 2.35. The van der Waals surface area contributed by atoms with E-state index in [1.165, 1.54) is 11.3 Å². The first-order valence-corrected chi connectivity index (χ1v) is 9.18. The van der Waals surface area contributed by atoms with Crippen molar-refractivity contribution in [3.63, 3.8) is 0 Å². The predicted molar refractivity (Wildman–Crippen MR) is 97.4 cm³/mol. The van der Waals surface area contributed by atoms with E-state index in [9.17, 15) is 9.90 Å². The molecule has 3 heterocycles. The van der Waals surface area contributed by atoms with Crippen molar-refractivity contribution in [1.82, 2.24) is 15.1 Å². The Kier molecular flexibility index (Phi) is 4.15. The molecule has 1 aliphatic heterocycles.